The summed E-state index contributed by atoms with van der Waals surface area (Å²) in [4.78, 5) is 11.1. The van der Waals surface area contributed by atoms with Gasteiger partial charge in [-0.15, -0.1) is 10.2 Å². The number of aliphatic carboxylic acids is 1. The number of carboxylic acids is 1. The molecule has 116 valence electrons. The van der Waals surface area contributed by atoms with E-state index < -0.39 is 23.6 Å². The number of aromatic nitrogens is 3. The van der Waals surface area contributed by atoms with Crippen LogP contribution in [0.5, 0.6) is 0 Å². The Hall–Kier alpha value is -2.38. The van der Waals surface area contributed by atoms with Crippen molar-refractivity contribution in [2.24, 2.45) is 5.92 Å². The molecule has 1 aliphatic heterocycles. The molecule has 1 N–H and O–H groups in total. The van der Waals surface area contributed by atoms with Crippen LogP contribution in [0.3, 0.4) is 0 Å². The van der Waals surface area contributed by atoms with Crippen LogP contribution in [-0.4, -0.2) is 25.8 Å². The summed E-state index contributed by atoms with van der Waals surface area (Å²) in [7, 11) is 0. The smallest absolute Gasteiger partial charge is 0.416 e. The van der Waals surface area contributed by atoms with Crippen LogP contribution in [-0.2, 0) is 23.9 Å². The molecule has 1 unspecified atom stereocenters. The summed E-state index contributed by atoms with van der Waals surface area (Å²) in [6, 6.07) is 4.80. The lowest BCUT2D eigenvalue weighted by atomic mass is 9.99. The van der Waals surface area contributed by atoms with Crippen LogP contribution in [0, 0.1) is 5.92 Å². The Balaban J connectivity index is 2.01. The Labute approximate surface area is 123 Å². The molecule has 22 heavy (non-hydrogen) atoms. The number of nitrogens with zero attached hydrogens (tertiary/aromatic N) is 3. The molecular formula is C14H12F3N3O2. The molecule has 0 saturated carbocycles. The Morgan fingerprint density at radius 1 is 1.32 bits per heavy atom. The predicted octanol–water partition coefficient (Wildman–Crippen LogP) is 2.61. The van der Waals surface area contributed by atoms with Crippen molar-refractivity contribution in [1.82, 2.24) is 14.8 Å². The third-order valence-electron chi connectivity index (χ3n) is 3.74. The zero-order valence-corrected chi connectivity index (χ0v) is 11.3. The number of aryl methyl sites for hydroxylation is 1. The molecule has 0 amide bonds. The number of alkyl halides is 3. The Bertz CT molecular complexity index is 724. The summed E-state index contributed by atoms with van der Waals surface area (Å²) in [6.45, 7) is 0.170. The van der Waals surface area contributed by atoms with Crippen LogP contribution in [0.4, 0.5) is 13.2 Å². The van der Waals surface area contributed by atoms with Crippen LogP contribution < -0.4 is 0 Å². The normalized spacial score (nSPS) is 18.0. The number of benzene rings is 1. The molecule has 0 radical (unpaired) electrons. The van der Waals surface area contributed by atoms with Gasteiger partial charge in [-0.3, -0.25) is 4.79 Å². The molecule has 5 nitrogen and oxygen atoms in total. The SMILES string of the molecule is O=C(O)C1CCc2nnc(-c3cccc(C(F)(F)F)c3)n2C1. The predicted molar refractivity (Wildman–Crippen MR) is 69.9 cm³/mol. The van der Waals surface area contributed by atoms with Crippen molar-refractivity contribution in [2.75, 3.05) is 0 Å². The van der Waals surface area contributed by atoms with Crippen LogP contribution in [0.25, 0.3) is 11.4 Å². The topological polar surface area (TPSA) is 68.0 Å². The van der Waals surface area contributed by atoms with Gasteiger partial charge in [-0.05, 0) is 18.6 Å². The third kappa shape index (κ3) is 2.56. The zero-order chi connectivity index (χ0) is 15.9. The second-order valence-corrected chi connectivity index (χ2v) is 5.20. The maximum atomic E-state index is 12.8. The highest BCUT2D eigenvalue weighted by Crippen LogP contribution is 2.32. The highest BCUT2D eigenvalue weighted by atomic mass is 19.4. The Morgan fingerprint density at radius 2 is 2.09 bits per heavy atom. The molecule has 0 saturated heterocycles. The van der Waals surface area contributed by atoms with Crippen LogP contribution in [0.1, 0.15) is 17.8 Å². The van der Waals surface area contributed by atoms with E-state index in [0.29, 0.717) is 18.7 Å². The first-order chi connectivity index (χ1) is 10.4. The number of fused-ring (bicyclic) bond motifs is 1. The first kappa shape index (κ1) is 14.6. The second-order valence-electron chi connectivity index (χ2n) is 5.20. The van der Waals surface area contributed by atoms with Gasteiger partial charge in [-0.25, -0.2) is 0 Å². The van der Waals surface area contributed by atoms with Crippen LogP contribution in [0.15, 0.2) is 24.3 Å². The van der Waals surface area contributed by atoms with E-state index in [0.717, 1.165) is 12.1 Å². The van der Waals surface area contributed by atoms with E-state index in [1.165, 1.54) is 12.1 Å². The Morgan fingerprint density at radius 3 is 2.77 bits per heavy atom. The first-order valence-corrected chi connectivity index (χ1v) is 6.69. The minimum Gasteiger partial charge on any atom is -0.481 e. The quantitative estimate of drug-likeness (QED) is 0.925. The van der Waals surface area contributed by atoms with Crippen molar-refractivity contribution < 1.29 is 23.1 Å². The van der Waals surface area contributed by atoms with Crippen molar-refractivity contribution in [3.63, 3.8) is 0 Å². The van der Waals surface area contributed by atoms with E-state index in [1.54, 1.807) is 4.57 Å². The number of hydrogen-bond acceptors (Lipinski definition) is 3. The highest BCUT2D eigenvalue weighted by Gasteiger charge is 2.32. The van der Waals surface area contributed by atoms with Crippen molar-refractivity contribution >= 4 is 5.97 Å². The molecule has 3 rings (SSSR count). The molecule has 0 fully saturated rings. The average Bonchev–Trinajstić information content (AvgIpc) is 2.89. The van der Waals surface area contributed by atoms with Gasteiger partial charge in [0.25, 0.3) is 0 Å². The van der Waals surface area contributed by atoms with Gasteiger partial charge in [0.05, 0.1) is 11.5 Å². The average molecular weight is 311 g/mol. The second kappa shape index (κ2) is 5.11. The molecule has 0 aliphatic carbocycles. The van der Waals surface area contributed by atoms with E-state index in [2.05, 4.69) is 10.2 Å². The van der Waals surface area contributed by atoms with Crippen LogP contribution >= 0.6 is 0 Å². The van der Waals surface area contributed by atoms with Gasteiger partial charge in [-0.2, -0.15) is 13.2 Å². The largest absolute Gasteiger partial charge is 0.481 e. The van der Waals surface area contributed by atoms with Gasteiger partial charge in [-0.1, -0.05) is 12.1 Å². The van der Waals surface area contributed by atoms with E-state index in [-0.39, 0.29) is 17.9 Å². The van der Waals surface area contributed by atoms with Crippen molar-refractivity contribution in [3.05, 3.63) is 35.7 Å². The molecule has 1 aliphatic rings. The Kier molecular flexibility index (Phi) is 3.38. The minimum atomic E-state index is -4.44. The summed E-state index contributed by atoms with van der Waals surface area (Å²) in [6.07, 6.45) is -3.54. The van der Waals surface area contributed by atoms with Gasteiger partial charge in [0.1, 0.15) is 5.82 Å². The molecule has 1 aromatic carbocycles. The van der Waals surface area contributed by atoms with Crippen molar-refractivity contribution in [2.45, 2.75) is 25.6 Å². The standard InChI is InChI=1S/C14H12F3N3O2/c15-14(16,17)10-3-1-2-8(6-10)12-19-18-11-5-4-9(13(21)22)7-20(11)12/h1-3,6,9H,4-5,7H2,(H,21,22). The first-order valence-electron chi connectivity index (χ1n) is 6.69. The van der Waals surface area contributed by atoms with Crippen molar-refractivity contribution in [3.8, 4) is 11.4 Å². The lowest BCUT2D eigenvalue weighted by molar-refractivity contribution is -0.142. The van der Waals surface area contributed by atoms with Crippen LogP contribution in [0.2, 0.25) is 0 Å². The number of rotatable bonds is 2. The molecule has 8 heteroatoms. The number of carboxylic acid groups (broad SMARTS) is 1. The van der Waals surface area contributed by atoms with Crippen molar-refractivity contribution in [1.29, 1.82) is 0 Å². The summed E-state index contributed by atoms with van der Waals surface area (Å²) in [5.74, 6) is -0.626. The lowest BCUT2D eigenvalue weighted by Crippen LogP contribution is -2.27. The fourth-order valence-corrected chi connectivity index (χ4v) is 2.58. The number of halogens is 3. The van der Waals surface area contributed by atoms with Gasteiger partial charge in [0, 0.05) is 18.5 Å². The molecule has 0 bridgehead atoms. The molecule has 0 spiro atoms. The summed E-state index contributed by atoms with van der Waals surface area (Å²) in [5, 5.41) is 17.0. The zero-order valence-electron chi connectivity index (χ0n) is 11.3. The van der Waals surface area contributed by atoms with E-state index in [1.807, 2.05) is 0 Å². The van der Waals surface area contributed by atoms with E-state index in [4.69, 9.17) is 5.11 Å². The molecular weight excluding hydrogens is 299 g/mol. The summed E-state index contributed by atoms with van der Waals surface area (Å²) in [5.41, 5.74) is -0.493. The van der Waals surface area contributed by atoms with Gasteiger partial charge in [0.2, 0.25) is 0 Å². The molecule has 2 heterocycles. The molecule has 2 aromatic rings. The summed E-state index contributed by atoms with van der Waals surface area (Å²) < 4.78 is 40.0. The molecule has 1 aromatic heterocycles. The van der Waals surface area contributed by atoms with E-state index >= 15 is 0 Å². The van der Waals surface area contributed by atoms with Gasteiger partial charge in [0.15, 0.2) is 5.82 Å². The van der Waals surface area contributed by atoms with Gasteiger partial charge >= 0.3 is 12.1 Å². The third-order valence-corrected chi connectivity index (χ3v) is 3.74. The molecule has 1 atom stereocenters. The highest BCUT2D eigenvalue weighted by molar-refractivity contribution is 5.70. The number of hydrogen-bond donors (Lipinski definition) is 1. The summed E-state index contributed by atoms with van der Waals surface area (Å²) >= 11 is 0. The fourth-order valence-electron chi connectivity index (χ4n) is 2.58. The maximum Gasteiger partial charge on any atom is 0.416 e. The fraction of sp³-hybridized carbons (Fsp3) is 0.357. The lowest BCUT2D eigenvalue weighted by Gasteiger charge is -2.21. The minimum absolute atomic E-state index is 0.170. The van der Waals surface area contributed by atoms with E-state index in [9.17, 15) is 18.0 Å². The number of carbonyl (C=O) groups is 1. The monoisotopic (exact) mass is 311 g/mol. The maximum absolute atomic E-state index is 12.8. The van der Waals surface area contributed by atoms with Gasteiger partial charge < -0.3 is 9.67 Å².